The van der Waals surface area contributed by atoms with Gasteiger partial charge in [0.25, 0.3) is 0 Å². The number of rotatable bonds is 6. The van der Waals surface area contributed by atoms with Gasteiger partial charge in [0.2, 0.25) is 5.88 Å². The van der Waals surface area contributed by atoms with E-state index >= 15 is 0 Å². The van der Waals surface area contributed by atoms with Crippen molar-refractivity contribution in [2.45, 2.75) is 6.92 Å². The second-order valence-corrected chi connectivity index (χ2v) is 5.93. The minimum absolute atomic E-state index is 0.105. The number of carbonyl (C=O) groups is 2. The van der Waals surface area contributed by atoms with E-state index < -0.39 is 11.9 Å². The molecule has 1 heterocycles. The van der Waals surface area contributed by atoms with Crippen molar-refractivity contribution in [3.8, 4) is 17.4 Å². The first kappa shape index (κ1) is 19.4. The van der Waals surface area contributed by atoms with Crippen LogP contribution < -0.4 is 9.47 Å². The number of esters is 2. The second-order valence-electron chi connectivity index (χ2n) is 5.53. The highest BCUT2D eigenvalue weighted by molar-refractivity contribution is 6.32. The predicted octanol–water partition coefficient (Wildman–Crippen LogP) is 4.92. The van der Waals surface area contributed by atoms with E-state index in [2.05, 4.69) is 4.98 Å². The van der Waals surface area contributed by atoms with Crippen LogP contribution in [-0.2, 0) is 4.74 Å². The van der Waals surface area contributed by atoms with E-state index in [4.69, 9.17) is 25.8 Å². The number of halogens is 1. The van der Waals surface area contributed by atoms with E-state index in [0.717, 1.165) is 0 Å². The SMILES string of the molecule is CCOC(=O)c1ccc(OC(=O)c2cccnc2Oc2ccccc2)c(Cl)c1. The maximum atomic E-state index is 12.6. The van der Waals surface area contributed by atoms with Gasteiger partial charge in [-0.1, -0.05) is 29.8 Å². The summed E-state index contributed by atoms with van der Waals surface area (Å²) in [5.74, 6) is -0.447. The third kappa shape index (κ3) is 4.66. The molecule has 7 heteroatoms. The largest absolute Gasteiger partial charge is 0.462 e. The Kier molecular flexibility index (Phi) is 6.24. The highest BCUT2D eigenvalue weighted by Crippen LogP contribution is 2.28. The molecule has 1 aromatic heterocycles. The quantitative estimate of drug-likeness (QED) is 0.434. The Labute approximate surface area is 166 Å². The normalized spacial score (nSPS) is 10.2. The van der Waals surface area contributed by atoms with Gasteiger partial charge in [-0.15, -0.1) is 0 Å². The molecule has 3 rings (SSSR count). The number of ether oxygens (including phenoxy) is 3. The molecule has 0 radical (unpaired) electrons. The van der Waals surface area contributed by atoms with Gasteiger partial charge in [0.1, 0.15) is 17.1 Å². The lowest BCUT2D eigenvalue weighted by atomic mass is 10.2. The molecular formula is C21H16ClNO5. The van der Waals surface area contributed by atoms with Crippen molar-refractivity contribution in [3.05, 3.63) is 83.0 Å². The lowest BCUT2D eigenvalue weighted by Crippen LogP contribution is -2.11. The van der Waals surface area contributed by atoms with Crippen LogP contribution in [0.25, 0.3) is 0 Å². The summed E-state index contributed by atoms with van der Waals surface area (Å²) in [4.78, 5) is 28.5. The van der Waals surface area contributed by atoms with E-state index in [-0.39, 0.29) is 34.4 Å². The second kappa shape index (κ2) is 9.01. The third-order valence-corrected chi connectivity index (χ3v) is 3.89. The molecule has 0 fully saturated rings. The van der Waals surface area contributed by atoms with Gasteiger partial charge in [-0.25, -0.2) is 14.6 Å². The molecule has 2 aromatic carbocycles. The van der Waals surface area contributed by atoms with Crippen molar-refractivity contribution in [3.63, 3.8) is 0 Å². The summed E-state index contributed by atoms with van der Waals surface area (Å²) in [6, 6.07) is 16.4. The van der Waals surface area contributed by atoms with E-state index in [1.165, 1.54) is 30.5 Å². The Hall–Kier alpha value is -3.38. The Morgan fingerprint density at radius 2 is 1.79 bits per heavy atom. The van der Waals surface area contributed by atoms with E-state index in [1.54, 1.807) is 37.3 Å². The Morgan fingerprint density at radius 1 is 1.00 bits per heavy atom. The lowest BCUT2D eigenvalue weighted by Gasteiger charge is -2.11. The molecule has 0 atom stereocenters. The van der Waals surface area contributed by atoms with Crippen molar-refractivity contribution in [2.24, 2.45) is 0 Å². The van der Waals surface area contributed by atoms with Crippen molar-refractivity contribution < 1.29 is 23.8 Å². The number of benzene rings is 2. The Bertz CT molecular complexity index is 991. The van der Waals surface area contributed by atoms with E-state index in [9.17, 15) is 9.59 Å². The van der Waals surface area contributed by atoms with Crippen LogP contribution in [0.3, 0.4) is 0 Å². The van der Waals surface area contributed by atoms with Gasteiger partial charge in [0.05, 0.1) is 17.2 Å². The van der Waals surface area contributed by atoms with Gasteiger partial charge < -0.3 is 14.2 Å². The predicted molar refractivity (Wildman–Crippen MR) is 103 cm³/mol. The van der Waals surface area contributed by atoms with Crippen LogP contribution in [0.2, 0.25) is 5.02 Å². The van der Waals surface area contributed by atoms with E-state index in [0.29, 0.717) is 5.75 Å². The molecule has 0 unspecified atom stereocenters. The zero-order chi connectivity index (χ0) is 19.9. The first-order valence-corrected chi connectivity index (χ1v) is 8.83. The fraction of sp³-hybridized carbons (Fsp3) is 0.0952. The molecular weight excluding hydrogens is 382 g/mol. The maximum absolute atomic E-state index is 12.6. The van der Waals surface area contributed by atoms with Gasteiger partial charge in [-0.3, -0.25) is 0 Å². The molecule has 0 N–H and O–H groups in total. The molecule has 3 aromatic rings. The number of nitrogens with zero attached hydrogens (tertiary/aromatic N) is 1. The molecule has 0 saturated carbocycles. The minimum Gasteiger partial charge on any atom is -0.462 e. The highest BCUT2D eigenvalue weighted by Gasteiger charge is 2.19. The Morgan fingerprint density at radius 3 is 2.50 bits per heavy atom. The summed E-state index contributed by atoms with van der Waals surface area (Å²) in [5, 5.41) is 0.105. The molecule has 6 nitrogen and oxygen atoms in total. The maximum Gasteiger partial charge on any atom is 0.349 e. The smallest absolute Gasteiger partial charge is 0.349 e. The zero-order valence-electron chi connectivity index (χ0n) is 14.9. The van der Waals surface area contributed by atoms with Gasteiger partial charge >= 0.3 is 11.9 Å². The highest BCUT2D eigenvalue weighted by atomic mass is 35.5. The van der Waals surface area contributed by atoms with Crippen LogP contribution in [0.5, 0.6) is 17.4 Å². The number of pyridine rings is 1. The average molecular weight is 398 g/mol. The molecule has 0 saturated heterocycles. The molecule has 0 bridgehead atoms. The molecule has 142 valence electrons. The average Bonchev–Trinajstić information content (AvgIpc) is 2.71. The van der Waals surface area contributed by atoms with Crippen LogP contribution >= 0.6 is 11.6 Å². The van der Waals surface area contributed by atoms with Gasteiger partial charge in [-0.2, -0.15) is 0 Å². The fourth-order valence-electron chi connectivity index (χ4n) is 2.31. The third-order valence-electron chi connectivity index (χ3n) is 3.59. The number of para-hydroxylation sites is 1. The molecule has 0 aliphatic heterocycles. The number of aromatic nitrogens is 1. The summed E-state index contributed by atoms with van der Waals surface area (Å²) in [6.07, 6.45) is 1.51. The standard InChI is InChI=1S/C21H16ClNO5/c1-2-26-20(24)14-10-11-18(17(22)13-14)28-21(25)16-9-6-12-23-19(16)27-15-7-4-3-5-8-15/h3-13H,2H2,1H3. The summed E-state index contributed by atoms with van der Waals surface area (Å²) < 4.78 is 15.9. The molecule has 0 spiro atoms. The summed E-state index contributed by atoms with van der Waals surface area (Å²) in [6.45, 7) is 1.96. The summed E-state index contributed by atoms with van der Waals surface area (Å²) in [5.41, 5.74) is 0.401. The van der Waals surface area contributed by atoms with Crippen LogP contribution in [0.4, 0.5) is 0 Å². The minimum atomic E-state index is -0.690. The van der Waals surface area contributed by atoms with Gasteiger partial charge in [0.15, 0.2) is 0 Å². The van der Waals surface area contributed by atoms with E-state index in [1.807, 2.05) is 6.07 Å². The van der Waals surface area contributed by atoms with Gasteiger partial charge in [-0.05, 0) is 49.4 Å². The van der Waals surface area contributed by atoms with Crippen LogP contribution in [0, 0.1) is 0 Å². The van der Waals surface area contributed by atoms with Crippen LogP contribution in [-0.4, -0.2) is 23.5 Å². The molecule has 0 aliphatic carbocycles. The van der Waals surface area contributed by atoms with Crippen LogP contribution in [0.1, 0.15) is 27.6 Å². The monoisotopic (exact) mass is 397 g/mol. The zero-order valence-corrected chi connectivity index (χ0v) is 15.7. The number of hydrogen-bond acceptors (Lipinski definition) is 6. The molecule has 28 heavy (non-hydrogen) atoms. The number of carbonyl (C=O) groups excluding carboxylic acids is 2. The number of hydrogen-bond donors (Lipinski definition) is 0. The van der Waals surface area contributed by atoms with Crippen LogP contribution in [0.15, 0.2) is 66.9 Å². The fourth-order valence-corrected chi connectivity index (χ4v) is 2.53. The summed E-state index contributed by atoms with van der Waals surface area (Å²) >= 11 is 6.14. The van der Waals surface area contributed by atoms with Crippen molar-refractivity contribution >= 4 is 23.5 Å². The van der Waals surface area contributed by atoms with Gasteiger partial charge in [0, 0.05) is 6.20 Å². The first-order chi connectivity index (χ1) is 13.6. The first-order valence-electron chi connectivity index (χ1n) is 8.45. The topological polar surface area (TPSA) is 74.7 Å². The molecule has 0 amide bonds. The van der Waals surface area contributed by atoms with Crippen molar-refractivity contribution in [1.29, 1.82) is 0 Å². The van der Waals surface area contributed by atoms with Crippen molar-refractivity contribution in [2.75, 3.05) is 6.61 Å². The Balaban J connectivity index is 1.79. The van der Waals surface area contributed by atoms with Crippen molar-refractivity contribution in [1.82, 2.24) is 4.98 Å². The summed E-state index contributed by atoms with van der Waals surface area (Å²) in [7, 11) is 0. The lowest BCUT2D eigenvalue weighted by molar-refractivity contribution is 0.0526. The molecule has 0 aliphatic rings.